The monoisotopic (exact) mass is 351 g/mol. The number of rotatable bonds is 7. The summed E-state index contributed by atoms with van der Waals surface area (Å²) in [5.41, 5.74) is 2.15. The Morgan fingerprint density at radius 1 is 1.13 bits per heavy atom. The molecule has 0 bridgehead atoms. The Kier molecular flexibility index (Phi) is 6.93. The Morgan fingerprint density at radius 2 is 1.74 bits per heavy atom. The lowest BCUT2D eigenvalue weighted by Crippen LogP contribution is -2.32. The Balaban J connectivity index is 1.70. The molecule has 0 heterocycles. The molecule has 0 saturated carbocycles. The number of hydrogen-bond acceptors (Lipinski definition) is 2. The van der Waals surface area contributed by atoms with E-state index in [1.807, 2.05) is 31.2 Å². The Hall–Kier alpha value is -1.52. The van der Waals surface area contributed by atoms with E-state index in [-0.39, 0.29) is 17.0 Å². The van der Waals surface area contributed by atoms with Crippen LogP contribution in [0.1, 0.15) is 18.1 Å². The Morgan fingerprint density at radius 3 is 2.39 bits per heavy atom. The predicted molar refractivity (Wildman–Crippen MR) is 95.3 cm³/mol. The predicted octanol–water partition coefficient (Wildman–Crippen LogP) is 4.46. The van der Waals surface area contributed by atoms with Gasteiger partial charge in [0.15, 0.2) is 0 Å². The van der Waals surface area contributed by atoms with Crippen LogP contribution in [0.15, 0.2) is 48.5 Å². The first-order chi connectivity index (χ1) is 11.0. The number of nitrogens with one attached hydrogen (secondary N) is 1. The number of carbonyl (C=O) groups is 1. The van der Waals surface area contributed by atoms with Crippen LogP contribution in [0.3, 0.4) is 0 Å². The fourth-order valence-electron chi connectivity index (χ4n) is 2.00. The molecule has 1 amide bonds. The van der Waals surface area contributed by atoms with Crippen molar-refractivity contribution in [1.82, 2.24) is 5.32 Å². The van der Waals surface area contributed by atoms with Gasteiger partial charge in [-0.25, -0.2) is 4.39 Å². The van der Waals surface area contributed by atoms with Crippen molar-refractivity contribution in [3.8, 4) is 0 Å². The number of halogens is 2. The van der Waals surface area contributed by atoms with Crippen molar-refractivity contribution in [2.24, 2.45) is 0 Å². The zero-order chi connectivity index (χ0) is 16.7. The number of thioether (sulfide) groups is 1. The van der Waals surface area contributed by atoms with E-state index in [4.69, 9.17) is 11.6 Å². The first kappa shape index (κ1) is 17.8. The van der Waals surface area contributed by atoms with E-state index in [9.17, 15) is 9.18 Å². The van der Waals surface area contributed by atoms with Crippen molar-refractivity contribution in [2.75, 3.05) is 6.54 Å². The molecular formula is C18H19ClFNOS. The molecule has 0 aliphatic rings. The van der Waals surface area contributed by atoms with E-state index in [1.165, 1.54) is 12.1 Å². The highest BCUT2D eigenvalue weighted by molar-refractivity contribution is 7.99. The van der Waals surface area contributed by atoms with Crippen LogP contribution >= 0.6 is 23.4 Å². The Bertz CT molecular complexity index is 630. The summed E-state index contributed by atoms with van der Waals surface area (Å²) < 4.78 is 12.8. The van der Waals surface area contributed by atoms with Crippen LogP contribution in [0.4, 0.5) is 4.39 Å². The van der Waals surface area contributed by atoms with Crippen LogP contribution in [-0.4, -0.2) is 17.7 Å². The van der Waals surface area contributed by atoms with E-state index in [1.54, 1.807) is 23.9 Å². The van der Waals surface area contributed by atoms with Gasteiger partial charge >= 0.3 is 0 Å². The van der Waals surface area contributed by atoms with Crippen LogP contribution in [0.5, 0.6) is 0 Å². The molecule has 2 aromatic rings. The fraction of sp³-hybridized carbons (Fsp3) is 0.278. The van der Waals surface area contributed by atoms with Gasteiger partial charge in [-0.3, -0.25) is 4.79 Å². The van der Waals surface area contributed by atoms with Gasteiger partial charge in [0.25, 0.3) is 0 Å². The largest absolute Gasteiger partial charge is 0.355 e. The first-order valence-electron chi connectivity index (χ1n) is 7.43. The lowest BCUT2D eigenvalue weighted by Gasteiger charge is -2.12. The van der Waals surface area contributed by atoms with E-state index < -0.39 is 0 Å². The molecule has 5 heteroatoms. The molecule has 122 valence electrons. The molecule has 0 aliphatic heterocycles. The standard InChI is InChI=1S/C18H19ClFNOS/c1-13(23-12-15-2-6-16(19)7-3-15)18(22)21-11-10-14-4-8-17(20)9-5-14/h2-9,13H,10-12H2,1H3,(H,21,22)/t13-/m1/s1. The van der Waals surface area contributed by atoms with E-state index >= 15 is 0 Å². The number of benzene rings is 2. The average molecular weight is 352 g/mol. The molecule has 0 fully saturated rings. The molecule has 1 N–H and O–H groups in total. The summed E-state index contributed by atoms with van der Waals surface area (Å²) in [5.74, 6) is 0.542. The molecular weight excluding hydrogens is 333 g/mol. The molecule has 0 aliphatic carbocycles. The molecule has 1 atom stereocenters. The third kappa shape index (κ3) is 6.24. The molecule has 0 unspecified atom stereocenters. The van der Waals surface area contributed by atoms with Crippen LogP contribution in [0.2, 0.25) is 5.02 Å². The third-order valence-electron chi connectivity index (χ3n) is 3.41. The third-order valence-corrected chi connectivity index (χ3v) is 4.87. The smallest absolute Gasteiger partial charge is 0.232 e. The van der Waals surface area contributed by atoms with Gasteiger partial charge in [-0.15, -0.1) is 11.8 Å². The zero-order valence-corrected chi connectivity index (χ0v) is 14.5. The fourth-order valence-corrected chi connectivity index (χ4v) is 3.00. The highest BCUT2D eigenvalue weighted by Crippen LogP contribution is 2.19. The van der Waals surface area contributed by atoms with Gasteiger partial charge in [-0.2, -0.15) is 0 Å². The van der Waals surface area contributed by atoms with Crippen molar-refractivity contribution in [1.29, 1.82) is 0 Å². The molecule has 0 saturated heterocycles. The normalized spacial score (nSPS) is 12.0. The second kappa shape index (κ2) is 8.94. The second-order valence-corrected chi connectivity index (χ2v) is 7.01. The van der Waals surface area contributed by atoms with Crippen molar-refractivity contribution in [2.45, 2.75) is 24.3 Å². The van der Waals surface area contributed by atoms with Crippen molar-refractivity contribution >= 4 is 29.3 Å². The maximum absolute atomic E-state index is 12.8. The molecule has 2 nitrogen and oxygen atoms in total. The van der Waals surface area contributed by atoms with Crippen LogP contribution in [-0.2, 0) is 17.0 Å². The van der Waals surface area contributed by atoms with Crippen molar-refractivity contribution in [3.63, 3.8) is 0 Å². The lowest BCUT2D eigenvalue weighted by molar-refractivity contribution is -0.120. The van der Waals surface area contributed by atoms with Gasteiger partial charge in [-0.05, 0) is 48.7 Å². The minimum atomic E-state index is -0.245. The molecule has 23 heavy (non-hydrogen) atoms. The summed E-state index contributed by atoms with van der Waals surface area (Å²) in [6.45, 7) is 2.45. The zero-order valence-electron chi connectivity index (χ0n) is 12.9. The average Bonchev–Trinajstić information content (AvgIpc) is 2.55. The van der Waals surface area contributed by atoms with Crippen LogP contribution in [0, 0.1) is 5.82 Å². The minimum absolute atomic E-state index is 0.0195. The van der Waals surface area contributed by atoms with Gasteiger partial charge in [-0.1, -0.05) is 35.9 Å². The maximum atomic E-state index is 12.8. The van der Waals surface area contributed by atoms with Crippen molar-refractivity contribution < 1.29 is 9.18 Å². The molecule has 2 rings (SSSR count). The summed E-state index contributed by atoms with van der Waals surface area (Å²) in [6.07, 6.45) is 0.695. The summed E-state index contributed by atoms with van der Waals surface area (Å²) in [6, 6.07) is 14.0. The topological polar surface area (TPSA) is 29.1 Å². The maximum Gasteiger partial charge on any atom is 0.232 e. The van der Waals surface area contributed by atoms with E-state index in [0.717, 1.165) is 16.9 Å². The first-order valence-corrected chi connectivity index (χ1v) is 8.85. The summed E-state index contributed by atoms with van der Waals surface area (Å²) in [7, 11) is 0. The van der Waals surface area contributed by atoms with E-state index in [0.29, 0.717) is 18.0 Å². The number of amides is 1. The molecule has 0 spiro atoms. The summed E-state index contributed by atoms with van der Waals surface area (Å²) in [4.78, 5) is 12.0. The Labute approximate surface area is 145 Å². The number of carbonyl (C=O) groups excluding carboxylic acids is 1. The van der Waals surface area contributed by atoms with Gasteiger partial charge in [0.2, 0.25) is 5.91 Å². The molecule has 0 radical (unpaired) electrons. The summed E-state index contributed by atoms with van der Waals surface area (Å²) in [5, 5.41) is 3.50. The van der Waals surface area contributed by atoms with Gasteiger partial charge in [0, 0.05) is 17.3 Å². The SMILES string of the molecule is C[C@@H](SCc1ccc(Cl)cc1)C(=O)NCCc1ccc(F)cc1. The van der Waals surface area contributed by atoms with Gasteiger partial charge < -0.3 is 5.32 Å². The summed E-state index contributed by atoms with van der Waals surface area (Å²) >= 11 is 7.44. The number of hydrogen-bond donors (Lipinski definition) is 1. The van der Waals surface area contributed by atoms with Crippen LogP contribution in [0.25, 0.3) is 0 Å². The van der Waals surface area contributed by atoms with Crippen molar-refractivity contribution in [3.05, 3.63) is 70.5 Å². The lowest BCUT2D eigenvalue weighted by atomic mass is 10.1. The van der Waals surface area contributed by atoms with E-state index in [2.05, 4.69) is 5.32 Å². The minimum Gasteiger partial charge on any atom is -0.355 e. The van der Waals surface area contributed by atoms with Crippen LogP contribution < -0.4 is 5.32 Å². The second-order valence-electron chi connectivity index (χ2n) is 5.25. The molecule has 0 aromatic heterocycles. The van der Waals surface area contributed by atoms with Gasteiger partial charge in [0.05, 0.1) is 5.25 Å². The quantitative estimate of drug-likeness (QED) is 0.798. The van der Waals surface area contributed by atoms with Gasteiger partial charge in [0.1, 0.15) is 5.82 Å². The highest BCUT2D eigenvalue weighted by Gasteiger charge is 2.12. The highest BCUT2D eigenvalue weighted by atomic mass is 35.5. The molecule has 2 aromatic carbocycles.